The molecule has 21 heavy (non-hydrogen) atoms. The average molecular weight is 307 g/mol. The maximum absolute atomic E-state index is 12.0. The molecule has 0 saturated carbocycles. The summed E-state index contributed by atoms with van der Waals surface area (Å²) in [6.45, 7) is 0.261. The number of carbonyl (C=O) groups excluding carboxylic acids is 1. The number of benzene rings is 1. The number of hydrogen-bond donors (Lipinski definition) is 2. The first-order valence-corrected chi connectivity index (χ1v) is 6.69. The van der Waals surface area contributed by atoms with Crippen molar-refractivity contribution < 1.29 is 14.6 Å². The van der Waals surface area contributed by atoms with Crippen molar-refractivity contribution in [1.82, 2.24) is 10.3 Å². The molecule has 0 aliphatic carbocycles. The first-order valence-electron chi connectivity index (χ1n) is 6.31. The van der Waals surface area contributed by atoms with Crippen LogP contribution in [0.4, 0.5) is 0 Å². The molecule has 6 heteroatoms. The molecule has 1 aromatic heterocycles. The second-order valence-corrected chi connectivity index (χ2v) is 4.82. The predicted molar refractivity (Wildman–Crippen MR) is 79.4 cm³/mol. The monoisotopic (exact) mass is 306 g/mol. The number of nitrogens with zero attached hydrogens (tertiary/aromatic N) is 1. The van der Waals surface area contributed by atoms with Crippen LogP contribution in [-0.4, -0.2) is 29.7 Å². The largest absolute Gasteiger partial charge is 0.505 e. The van der Waals surface area contributed by atoms with Crippen LogP contribution in [-0.2, 0) is 4.74 Å². The molecule has 0 spiro atoms. The van der Waals surface area contributed by atoms with E-state index in [1.807, 2.05) is 12.1 Å². The van der Waals surface area contributed by atoms with Gasteiger partial charge in [-0.05, 0) is 23.8 Å². The zero-order chi connectivity index (χ0) is 15.2. The van der Waals surface area contributed by atoms with Crippen LogP contribution in [0, 0.1) is 0 Å². The van der Waals surface area contributed by atoms with Gasteiger partial charge in [0.05, 0.1) is 17.9 Å². The van der Waals surface area contributed by atoms with Crippen molar-refractivity contribution in [3.8, 4) is 5.75 Å². The minimum atomic E-state index is -0.390. The average Bonchev–Trinajstić information content (AvgIpc) is 2.48. The van der Waals surface area contributed by atoms with Gasteiger partial charge in [0.25, 0.3) is 5.91 Å². The maximum Gasteiger partial charge on any atom is 0.255 e. The Labute approximate surface area is 127 Å². The fraction of sp³-hybridized carbons (Fsp3) is 0.200. The third-order valence-corrected chi connectivity index (χ3v) is 3.23. The van der Waals surface area contributed by atoms with Crippen LogP contribution in [0.25, 0.3) is 0 Å². The molecule has 1 unspecified atom stereocenters. The van der Waals surface area contributed by atoms with Crippen molar-refractivity contribution in [3.05, 3.63) is 58.9 Å². The van der Waals surface area contributed by atoms with E-state index in [4.69, 9.17) is 16.3 Å². The molecule has 5 nitrogen and oxygen atoms in total. The normalized spacial score (nSPS) is 11.9. The molecule has 0 saturated heterocycles. The summed E-state index contributed by atoms with van der Waals surface area (Å²) in [4.78, 5) is 15.7. The number of aromatic hydroxyl groups is 1. The summed E-state index contributed by atoms with van der Waals surface area (Å²) in [6.07, 6.45) is 2.34. The minimum absolute atomic E-state index is 0.160. The number of aromatic nitrogens is 1. The number of halogens is 1. The molecule has 1 heterocycles. The van der Waals surface area contributed by atoms with E-state index >= 15 is 0 Å². The maximum atomic E-state index is 12.0. The van der Waals surface area contributed by atoms with Gasteiger partial charge in [-0.2, -0.15) is 0 Å². The lowest BCUT2D eigenvalue weighted by atomic mass is 10.1. The summed E-state index contributed by atoms with van der Waals surface area (Å²) in [5.74, 6) is -0.550. The Morgan fingerprint density at radius 2 is 2.29 bits per heavy atom. The third kappa shape index (κ3) is 3.93. The topological polar surface area (TPSA) is 71.5 Å². The van der Waals surface area contributed by atoms with Gasteiger partial charge in [-0.3, -0.25) is 9.78 Å². The van der Waals surface area contributed by atoms with Crippen molar-refractivity contribution >= 4 is 17.5 Å². The van der Waals surface area contributed by atoms with Crippen LogP contribution in [0.2, 0.25) is 5.02 Å². The third-order valence-electron chi connectivity index (χ3n) is 3.00. The molecule has 1 aromatic carbocycles. The Kier molecular flexibility index (Phi) is 5.14. The summed E-state index contributed by atoms with van der Waals surface area (Å²) in [6, 6.07) is 8.69. The van der Waals surface area contributed by atoms with Crippen molar-refractivity contribution in [2.75, 3.05) is 13.7 Å². The highest BCUT2D eigenvalue weighted by Crippen LogP contribution is 2.20. The number of amides is 1. The van der Waals surface area contributed by atoms with E-state index in [9.17, 15) is 9.90 Å². The molecule has 0 aliphatic heterocycles. The second-order valence-electron chi connectivity index (χ2n) is 4.38. The summed E-state index contributed by atoms with van der Waals surface area (Å²) in [5.41, 5.74) is 1.04. The van der Waals surface area contributed by atoms with Crippen LogP contribution < -0.4 is 5.32 Å². The van der Waals surface area contributed by atoms with Crippen LogP contribution in [0.15, 0.2) is 42.7 Å². The summed E-state index contributed by atoms with van der Waals surface area (Å²) < 4.78 is 5.36. The van der Waals surface area contributed by atoms with Gasteiger partial charge in [-0.1, -0.05) is 23.7 Å². The first-order chi connectivity index (χ1) is 10.1. The number of ether oxygens (including phenoxy) is 1. The zero-order valence-electron chi connectivity index (χ0n) is 11.4. The molecule has 0 radical (unpaired) electrons. The van der Waals surface area contributed by atoms with Gasteiger partial charge >= 0.3 is 0 Å². The number of pyridine rings is 1. The summed E-state index contributed by atoms with van der Waals surface area (Å²) in [5, 5.41) is 12.9. The van der Waals surface area contributed by atoms with Crippen molar-refractivity contribution in [1.29, 1.82) is 0 Å². The van der Waals surface area contributed by atoms with Crippen molar-refractivity contribution in [3.63, 3.8) is 0 Å². The molecule has 110 valence electrons. The van der Waals surface area contributed by atoms with Crippen molar-refractivity contribution in [2.24, 2.45) is 0 Å². The fourth-order valence-corrected chi connectivity index (χ4v) is 2.10. The Morgan fingerprint density at radius 1 is 1.48 bits per heavy atom. The lowest BCUT2D eigenvalue weighted by molar-refractivity contribution is 0.0826. The van der Waals surface area contributed by atoms with Crippen LogP contribution in [0.5, 0.6) is 5.75 Å². The van der Waals surface area contributed by atoms with Crippen LogP contribution in [0.1, 0.15) is 22.0 Å². The zero-order valence-corrected chi connectivity index (χ0v) is 12.2. The molecule has 0 bridgehead atoms. The molecular weight excluding hydrogens is 292 g/mol. The standard InChI is InChI=1S/C15H15ClN2O3/c1-21-14(10-3-2-4-11(16)7-10)9-18-15(20)12-5-6-17-8-13(12)19/h2-8,14,19H,9H2,1H3,(H,18,20). The van der Waals surface area contributed by atoms with Gasteiger partial charge < -0.3 is 15.2 Å². The molecule has 0 aliphatic rings. The second kappa shape index (κ2) is 7.06. The smallest absolute Gasteiger partial charge is 0.255 e. The predicted octanol–water partition coefficient (Wildman–Crippen LogP) is 2.56. The van der Waals surface area contributed by atoms with Gasteiger partial charge in [0.2, 0.25) is 0 Å². The highest BCUT2D eigenvalue weighted by Gasteiger charge is 2.15. The van der Waals surface area contributed by atoms with E-state index in [0.717, 1.165) is 5.56 Å². The van der Waals surface area contributed by atoms with E-state index in [-0.39, 0.29) is 29.9 Å². The molecular formula is C15H15ClN2O3. The summed E-state index contributed by atoms with van der Waals surface area (Å²) >= 11 is 5.94. The van der Waals surface area contributed by atoms with Gasteiger partial charge in [-0.25, -0.2) is 0 Å². The van der Waals surface area contributed by atoms with Gasteiger partial charge in [0.15, 0.2) is 0 Å². The first kappa shape index (κ1) is 15.3. The van der Waals surface area contributed by atoms with Gasteiger partial charge in [0.1, 0.15) is 5.75 Å². The fourth-order valence-electron chi connectivity index (χ4n) is 1.90. The Morgan fingerprint density at radius 3 is 2.95 bits per heavy atom. The van der Waals surface area contributed by atoms with E-state index in [2.05, 4.69) is 10.3 Å². The number of methoxy groups -OCH3 is 1. The lowest BCUT2D eigenvalue weighted by Crippen LogP contribution is -2.29. The molecule has 0 fully saturated rings. The van der Waals surface area contributed by atoms with Crippen molar-refractivity contribution in [2.45, 2.75) is 6.10 Å². The van der Waals surface area contributed by atoms with E-state index < -0.39 is 0 Å². The van der Waals surface area contributed by atoms with Gasteiger partial charge in [-0.15, -0.1) is 0 Å². The quantitative estimate of drug-likeness (QED) is 0.890. The number of nitrogens with one attached hydrogen (secondary N) is 1. The number of rotatable bonds is 5. The molecule has 2 N–H and O–H groups in total. The highest BCUT2D eigenvalue weighted by molar-refractivity contribution is 6.30. The SMILES string of the molecule is COC(CNC(=O)c1ccncc1O)c1cccc(Cl)c1. The highest BCUT2D eigenvalue weighted by atomic mass is 35.5. The lowest BCUT2D eigenvalue weighted by Gasteiger charge is -2.17. The van der Waals surface area contributed by atoms with E-state index in [1.165, 1.54) is 18.5 Å². The Hall–Kier alpha value is -2.11. The molecule has 1 amide bonds. The molecule has 2 aromatic rings. The summed E-state index contributed by atoms with van der Waals surface area (Å²) in [7, 11) is 1.56. The number of carbonyl (C=O) groups is 1. The van der Waals surface area contributed by atoms with Gasteiger partial charge in [0, 0.05) is 24.9 Å². The van der Waals surface area contributed by atoms with Crippen LogP contribution >= 0.6 is 11.6 Å². The van der Waals surface area contributed by atoms with Crippen LogP contribution in [0.3, 0.4) is 0 Å². The Bertz CT molecular complexity index is 634. The molecule has 2 rings (SSSR count). The van der Waals surface area contributed by atoms with E-state index in [1.54, 1.807) is 19.2 Å². The number of hydrogen-bond acceptors (Lipinski definition) is 4. The Balaban J connectivity index is 2.04. The minimum Gasteiger partial charge on any atom is -0.505 e. The van der Waals surface area contributed by atoms with E-state index in [0.29, 0.717) is 5.02 Å². The molecule has 1 atom stereocenters.